The minimum Gasteiger partial charge on any atom is -0.481 e. The van der Waals surface area contributed by atoms with Gasteiger partial charge < -0.3 is 5.11 Å². The molecule has 2 nitrogen and oxygen atoms in total. The molecule has 0 amide bonds. The molecular formula is C15H10F4O2. The minimum absolute atomic E-state index is 0.0618. The molecule has 21 heavy (non-hydrogen) atoms. The highest BCUT2D eigenvalue weighted by Gasteiger charge is 2.31. The molecule has 0 aliphatic rings. The van der Waals surface area contributed by atoms with Gasteiger partial charge in [0, 0.05) is 0 Å². The van der Waals surface area contributed by atoms with Gasteiger partial charge in [-0.25, -0.2) is 4.39 Å². The second kappa shape index (κ2) is 5.55. The Morgan fingerprint density at radius 1 is 1.10 bits per heavy atom. The molecule has 110 valence electrons. The van der Waals surface area contributed by atoms with Gasteiger partial charge in [0.05, 0.1) is 12.0 Å². The maximum atomic E-state index is 13.2. The number of halogens is 4. The van der Waals surface area contributed by atoms with E-state index in [9.17, 15) is 22.4 Å². The van der Waals surface area contributed by atoms with E-state index in [1.807, 2.05) is 0 Å². The van der Waals surface area contributed by atoms with Crippen LogP contribution < -0.4 is 0 Å². The first-order chi connectivity index (χ1) is 9.77. The smallest absolute Gasteiger partial charge is 0.416 e. The second-order valence-electron chi connectivity index (χ2n) is 4.45. The van der Waals surface area contributed by atoms with Crippen LogP contribution in [0.5, 0.6) is 0 Å². The van der Waals surface area contributed by atoms with Gasteiger partial charge >= 0.3 is 12.1 Å². The van der Waals surface area contributed by atoms with Crippen molar-refractivity contribution in [2.45, 2.75) is 12.6 Å². The average Bonchev–Trinajstić information content (AvgIpc) is 2.37. The largest absolute Gasteiger partial charge is 0.481 e. The third-order valence-electron chi connectivity index (χ3n) is 2.91. The first-order valence-electron chi connectivity index (χ1n) is 5.95. The van der Waals surface area contributed by atoms with Gasteiger partial charge in [0.2, 0.25) is 0 Å². The highest BCUT2D eigenvalue weighted by molar-refractivity contribution is 5.77. The first kappa shape index (κ1) is 15.0. The minimum atomic E-state index is -4.55. The lowest BCUT2D eigenvalue weighted by molar-refractivity contribution is -0.137. The second-order valence-corrected chi connectivity index (χ2v) is 4.45. The number of aliphatic carboxylic acids is 1. The van der Waals surface area contributed by atoms with E-state index < -0.39 is 29.9 Å². The monoisotopic (exact) mass is 298 g/mol. The molecule has 0 bridgehead atoms. The molecule has 2 aromatic rings. The van der Waals surface area contributed by atoms with E-state index in [2.05, 4.69) is 0 Å². The van der Waals surface area contributed by atoms with Gasteiger partial charge in [0.15, 0.2) is 0 Å². The number of alkyl halides is 3. The van der Waals surface area contributed by atoms with Crippen LogP contribution in [0.3, 0.4) is 0 Å². The molecule has 0 aliphatic carbocycles. The number of hydrogen-bond acceptors (Lipinski definition) is 1. The topological polar surface area (TPSA) is 37.3 Å². The van der Waals surface area contributed by atoms with Crippen molar-refractivity contribution in [3.8, 4) is 11.1 Å². The number of carbonyl (C=O) groups is 1. The fourth-order valence-corrected chi connectivity index (χ4v) is 1.99. The van der Waals surface area contributed by atoms with Crippen LogP contribution in [0, 0.1) is 5.82 Å². The van der Waals surface area contributed by atoms with Gasteiger partial charge in [0.25, 0.3) is 0 Å². The van der Waals surface area contributed by atoms with E-state index >= 15 is 0 Å². The number of carboxylic acids is 1. The van der Waals surface area contributed by atoms with Crippen molar-refractivity contribution in [3.05, 3.63) is 59.4 Å². The maximum Gasteiger partial charge on any atom is 0.416 e. The highest BCUT2D eigenvalue weighted by atomic mass is 19.4. The Hall–Kier alpha value is -2.37. The van der Waals surface area contributed by atoms with Crippen LogP contribution in [-0.4, -0.2) is 11.1 Å². The summed E-state index contributed by atoms with van der Waals surface area (Å²) < 4.78 is 51.5. The molecule has 0 aliphatic heterocycles. The molecule has 0 aromatic heterocycles. The summed E-state index contributed by atoms with van der Waals surface area (Å²) in [5, 5.41) is 8.83. The van der Waals surface area contributed by atoms with E-state index in [0.717, 1.165) is 30.3 Å². The predicted molar refractivity (Wildman–Crippen MR) is 68.2 cm³/mol. The van der Waals surface area contributed by atoms with Crippen LogP contribution in [0.15, 0.2) is 42.5 Å². The lowest BCUT2D eigenvalue weighted by Gasteiger charge is -2.13. The molecule has 1 N–H and O–H groups in total. The Kier molecular flexibility index (Phi) is 3.97. The Morgan fingerprint density at radius 2 is 1.81 bits per heavy atom. The summed E-state index contributed by atoms with van der Waals surface area (Å²) in [4.78, 5) is 10.8. The van der Waals surface area contributed by atoms with E-state index in [4.69, 9.17) is 5.11 Å². The van der Waals surface area contributed by atoms with Gasteiger partial charge in [-0.05, 0) is 41.0 Å². The molecule has 0 saturated heterocycles. The fraction of sp³-hybridized carbons (Fsp3) is 0.133. The normalized spacial score (nSPS) is 11.4. The molecule has 0 atom stereocenters. The molecule has 2 rings (SSSR count). The van der Waals surface area contributed by atoms with Gasteiger partial charge in [-0.2, -0.15) is 13.2 Å². The maximum absolute atomic E-state index is 13.2. The summed E-state index contributed by atoms with van der Waals surface area (Å²) in [5.41, 5.74) is -0.443. The van der Waals surface area contributed by atoms with Gasteiger partial charge in [0.1, 0.15) is 5.82 Å². The van der Waals surface area contributed by atoms with Crippen molar-refractivity contribution in [1.82, 2.24) is 0 Å². The molecule has 2 aromatic carbocycles. The van der Waals surface area contributed by atoms with Crippen LogP contribution in [-0.2, 0) is 17.4 Å². The van der Waals surface area contributed by atoms with Crippen molar-refractivity contribution in [2.75, 3.05) is 0 Å². The molecular weight excluding hydrogens is 288 g/mol. The number of rotatable bonds is 3. The summed E-state index contributed by atoms with van der Waals surface area (Å²) >= 11 is 0. The Bertz CT molecular complexity index is 678. The number of benzene rings is 2. The van der Waals surface area contributed by atoms with Crippen molar-refractivity contribution < 1.29 is 27.5 Å². The molecule has 0 heterocycles. The summed E-state index contributed by atoms with van der Waals surface area (Å²) in [6.07, 6.45) is -4.99. The summed E-state index contributed by atoms with van der Waals surface area (Å²) in [7, 11) is 0. The molecule has 0 fully saturated rings. The Balaban J connectivity index is 2.60. The zero-order valence-electron chi connectivity index (χ0n) is 10.6. The zero-order chi connectivity index (χ0) is 15.6. The van der Waals surface area contributed by atoms with Crippen LogP contribution in [0.4, 0.5) is 17.6 Å². The highest BCUT2D eigenvalue weighted by Crippen LogP contribution is 2.34. The average molecular weight is 298 g/mol. The number of carboxylic acid groups (broad SMARTS) is 1. The van der Waals surface area contributed by atoms with Crippen LogP contribution in [0.1, 0.15) is 11.1 Å². The van der Waals surface area contributed by atoms with Crippen LogP contribution >= 0.6 is 0 Å². The lowest BCUT2D eigenvalue weighted by Crippen LogP contribution is -2.08. The van der Waals surface area contributed by atoms with Gasteiger partial charge in [-0.1, -0.05) is 18.2 Å². The summed E-state index contributed by atoms with van der Waals surface area (Å²) in [6.45, 7) is 0. The fourth-order valence-electron chi connectivity index (χ4n) is 1.99. The lowest BCUT2D eigenvalue weighted by atomic mass is 9.95. The van der Waals surface area contributed by atoms with Crippen molar-refractivity contribution in [1.29, 1.82) is 0 Å². The predicted octanol–water partition coefficient (Wildman–Crippen LogP) is 4.14. The zero-order valence-corrected chi connectivity index (χ0v) is 10.6. The Labute approximate surface area is 117 Å². The first-order valence-corrected chi connectivity index (χ1v) is 5.95. The summed E-state index contributed by atoms with van der Waals surface area (Å²) in [5.74, 6) is -1.78. The van der Waals surface area contributed by atoms with E-state index in [-0.39, 0.29) is 16.7 Å². The molecule has 0 radical (unpaired) electrons. The molecule has 0 spiro atoms. The van der Waals surface area contributed by atoms with Crippen molar-refractivity contribution in [2.24, 2.45) is 0 Å². The van der Waals surface area contributed by atoms with Gasteiger partial charge in [-0.3, -0.25) is 4.79 Å². The standard InChI is InChI=1S/C15H10F4O2/c16-12-3-1-2-9(6-12)13-8-11(15(17,18)19)5-4-10(13)7-14(20)21/h1-6,8H,7H2,(H,20,21). The van der Waals surface area contributed by atoms with Crippen LogP contribution in [0.25, 0.3) is 11.1 Å². The summed E-state index contributed by atoms with van der Waals surface area (Å²) in [6, 6.07) is 7.79. The quantitative estimate of drug-likeness (QED) is 0.865. The molecule has 0 unspecified atom stereocenters. The SMILES string of the molecule is O=C(O)Cc1ccc(C(F)(F)F)cc1-c1cccc(F)c1. The molecule has 6 heteroatoms. The third-order valence-corrected chi connectivity index (χ3v) is 2.91. The van der Waals surface area contributed by atoms with E-state index in [1.165, 1.54) is 12.1 Å². The van der Waals surface area contributed by atoms with Crippen LogP contribution in [0.2, 0.25) is 0 Å². The van der Waals surface area contributed by atoms with Gasteiger partial charge in [-0.15, -0.1) is 0 Å². The van der Waals surface area contributed by atoms with E-state index in [0.29, 0.717) is 0 Å². The van der Waals surface area contributed by atoms with Crippen molar-refractivity contribution in [3.63, 3.8) is 0 Å². The number of hydrogen-bond donors (Lipinski definition) is 1. The molecule has 0 saturated carbocycles. The van der Waals surface area contributed by atoms with E-state index in [1.54, 1.807) is 0 Å². The Morgan fingerprint density at radius 3 is 2.38 bits per heavy atom. The third kappa shape index (κ3) is 3.59. The van der Waals surface area contributed by atoms with Crippen molar-refractivity contribution >= 4 is 5.97 Å².